The van der Waals surface area contributed by atoms with Gasteiger partial charge in [0.1, 0.15) is 5.75 Å². The maximum Gasteiger partial charge on any atom is 0.339 e. The first kappa shape index (κ1) is 20.2. The van der Waals surface area contributed by atoms with Crippen molar-refractivity contribution in [3.8, 4) is 5.75 Å². The van der Waals surface area contributed by atoms with Gasteiger partial charge in [0, 0.05) is 31.9 Å². The van der Waals surface area contributed by atoms with Crippen molar-refractivity contribution in [1.82, 2.24) is 4.90 Å². The Kier molecular flexibility index (Phi) is 6.33. The number of hydrogen-bond acceptors (Lipinski definition) is 6. The molecule has 1 N–H and O–H groups in total. The molecule has 152 valence electrons. The molecule has 0 spiro atoms. The minimum absolute atomic E-state index is 0.195. The molecule has 3 rings (SSSR count). The fourth-order valence-electron chi connectivity index (χ4n) is 3.16. The predicted octanol–water partition coefficient (Wildman–Crippen LogP) is 1.77. The summed E-state index contributed by atoms with van der Waals surface area (Å²) in [5.41, 5.74) is 1.48. The molecule has 0 bridgehead atoms. The molecular formula is C21H23N3O5. The van der Waals surface area contributed by atoms with Gasteiger partial charge in [-0.05, 0) is 36.4 Å². The summed E-state index contributed by atoms with van der Waals surface area (Å²) in [5.74, 6) is -1.20. The van der Waals surface area contributed by atoms with E-state index >= 15 is 0 Å². The highest BCUT2D eigenvalue weighted by Gasteiger charge is 2.27. The lowest BCUT2D eigenvalue weighted by Crippen LogP contribution is -2.51. The number of nitrogens with zero attached hydrogens (tertiary/aromatic N) is 2. The van der Waals surface area contributed by atoms with Crippen molar-refractivity contribution in [1.29, 1.82) is 0 Å². The van der Waals surface area contributed by atoms with Crippen LogP contribution in [0.3, 0.4) is 0 Å². The number of ether oxygens (including phenoxy) is 2. The Morgan fingerprint density at radius 2 is 1.55 bits per heavy atom. The summed E-state index contributed by atoms with van der Waals surface area (Å²) in [5, 5.41) is 2.52. The largest absolute Gasteiger partial charge is 0.497 e. The van der Waals surface area contributed by atoms with E-state index in [-0.39, 0.29) is 11.3 Å². The van der Waals surface area contributed by atoms with Crippen LogP contribution in [0.5, 0.6) is 5.75 Å². The van der Waals surface area contributed by atoms with Crippen molar-refractivity contribution in [2.45, 2.75) is 0 Å². The highest BCUT2D eigenvalue weighted by Crippen LogP contribution is 2.21. The minimum atomic E-state index is -0.778. The van der Waals surface area contributed by atoms with Gasteiger partial charge in [-0.15, -0.1) is 0 Å². The number of methoxy groups -OCH3 is 2. The van der Waals surface area contributed by atoms with Gasteiger partial charge in [0.2, 0.25) is 0 Å². The second-order valence-electron chi connectivity index (χ2n) is 6.47. The van der Waals surface area contributed by atoms with E-state index in [2.05, 4.69) is 10.2 Å². The molecule has 1 saturated heterocycles. The molecule has 0 atom stereocenters. The number of piperazine rings is 1. The molecule has 29 heavy (non-hydrogen) atoms. The van der Waals surface area contributed by atoms with Gasteiger partial charge >= 0.3 is 17.8 Å². The number of amides is 2. The van der Waals surface area contributed by atoms with Crippen LogP contribution in [0.15, 0.2) is 48.5 Å². The van der Waals surface area contributed by atoms with Gasteiger partial charge in [0.15, 0.2) is 0 Å². The number of rotatable bonds is 4. The monoisotopic (exact) mass is 397 g/mol. The van der Waals surface area contributed by atoms with Crippen LogP contribution >= 0.6 is 0 Å². The number of esters is 1. The summed E-state index contributed by atoms with van der Waals surface area (Å²) in [7, 11) is 2.88. The molecule has 0 unspecified atom stereocenters. The highest BCUT2D eigenvalue weighted by molar-refractivity contribution is 6.39. The van der Waals surface area contributed by atoms with Crippen LogP contribution in [0.2, 0.25) is 0 Å². The van der Waals surface area contributed by atoms with Crippen LogP contribution in [-0.4, -0.2) is 63.1 Å². The van der Waals surface area contributed by atoms with E-state index in [9.17, 15) is 14.4 Å². The van der Waals surface area contributed by atoms with Gasteiger partial charge in [-0.2, -0.15) is 0 Å². The number of carbonyl (C=O) groups excluding carboxylic acids is 3. The topological polar surface area (TPSA) is 88.2 Å². The van der Waals surface area contributed by atoms with Crippen LogP contribution in [0, 0.1) is 0 Å². The Morgan fingerprint density at radius 1 is 0.897 bits per heavy atom. The standard InChI is InChI=1S/C21H23N3O5/c1-28-16-9-7-15(8-10-16)23-11-13-24(14-12-23)20(26)19(25)22-18-6-4-3-5-17(18)21(27)29-2/h3-10H,11-14H2,1-2H3,(H,22,25). The second-order valence-corrected chi connectivity index (χ2v) is 6.47. The molecule has 2 amide bonds. The zero-order chi connectivity index (χ0) is 20.8. The molecular weight excluding hydrogens is 374 g/mol. The van der Waals surface area contributed by atoms with Crippen molar-refractivity contribution in [2.75, 3.05) is 50.6 Å². The molecule has 1 aliphatic heterocycles. The van der Waals surface area contributed by atoms with E-state index in [1.54, 1.807) is 25.3 Å². The summed E-state index contributed by atoms with van der Waals surface area (Å²) < 4.78 is 9.87. The normalized spacial score (nSPS) is 13.6. The van der Waals surface area contributed by atoms with Crippen LogP contribution < -0.4 is 15.0 Å². The van der Waals surface area contributed by atoms with Crippen molar-refractivity contribution in [2.24, 2.45) is 0 Å². The smallest absolute Gasteiger partial charge is 0.339 e. The van der Waals surface area contributed by atoms with Crippen LogP contribution in [0.4, 0.5) is 11.4 Å². The summed E-state index contributed by atoms with van der Waals surface area (Å²) in [4.78, 5) is 40.4. The fourth-order valence-corrected chi connectivity index (χ4v) is 3.16. The third-order valence-electron chi connectivity index (χ3n) is 4.78. The third-order valence-corrected chi connectivity index (χ3v) is 4.78. The molecule has 2 aromatic rings. The first-order chi connectivity index (χ1) is 14.0. The minimum Gasteiger partial charge on any atom is -0.497 e. The lowest BCUT2D eigenvalue weighted by molar-refractivity contribution is -0.143. The Balaban J connectivity index is 1.59. The lowest BCUT2D eigenvalue weighted by atomic mass is 10.1. The van der Waals surface area contributed by atoms with E-state index in [0.717, 1.165) is 11.4 Å². The van der Waals surface area contributed by atoms with Gasteiger partial charge in [-0.3, -0.25) is 9.59 Å². The number of benzene rings is 2. The lowest BCUT2D eigenvalue weighted by Gasteiger charge is -2.35. The second kappa shape index (κ2) is 9.09. The number of anilines is 2. The van der Waals surface area contributed by atoms with Crippen molar-refractivity contribution in [3.63, 3.8) is 0 Å². The highest BCUT2D eigenvalue weighted by atomic mass is 16.5. The van der Waals surface area contributed by atoms with E-state index in [1.165, 1.54) is 18.1 Å². The molecule has 0 saturated carbocycles. The average Bonchev–Trinajstić information content (AvgIpc) is 2.78. The van der Waals surface area contributed by atoms with Gasteiger partial charge in [0.05, 0.1) is 25.5 Å². The van der Waals surface area contributed by atoms with E-state index in [1.807, 2.05) is 24.3 Å². The Labute approximate surface area is 169 Å². The van der Waals surface area contributed by atoms with Gasteiger partial charge in [0.25, 0.3) is 0 Å². The average molecular weight is 397 g/mol. The Bertz CT molecular complexity index is 889. The fraction of sp³-hybridized carbons (Fsp3) is 0.286. The quantitative estimate of drug-likeness (QED) is 0.625. The first-order valence-corrected chi connectivity index (χ1v) is 9.20. The first-order valence-electron chi connectivity index (χ1n) is 9.20. The zero-order valence-electron chi connectivity index (χ0n) is 16.4. The molecule has 1 fully saturated rings. The molecule has 2 aromatic carbocycles. The van der Waals surface area contributed by atoms with Gasteiger partial charge < -0.3 is 24.6 Å². The van der Waals surface area contributed by atoms with Crippen molar-refractivity contribution >= 4 is 29.2 Å². The van der Waals surface area contributed by atoms with E-state index in [0.29, 0.717) is 26.2 Å². The number of para-hydroxylation sites is 1. The maximum atomic E-state index is 12.5. The van der Waals surface area contributed by atoms with Crippen molar-refractivity contribution < 1.29 is 23.9 Å². The van der Waals surface area contributed by atoms with Crippen molar-refractivity contribution in [3.05, 3.63) is 54.1 Å². The summed E-state index contributed by atoms with van der Waals surface area (Å²) >= 11 is 0. The molecule has 0 aliphatic carbocycles. The van der Waals surface area contributed by atoms with Gasteiger partial charge in [-0.25, -0.2) is 4.79 Å². The Hall–Kier alpha value is -3.55. The van der Waals surface area contributed by atoms with E-state index < -0.39 is 17.8 Å². The molecule has 1 heterocycles. The zero-order valence-corrected chi connectivity index (χ0v) is 16.4. The third kappa shape index (κ3) is 4.66. The van der Waals surface area contributed by atoms with Crippen LogP contribution in [-0.2, 0) is 14.3 Å². The predicted molar refractivity (Wildman–Crippen MR) is 108 cm³/mol. The SMILES string of the molecule is COC(=O)c1ccccc1NC(=O)C(=O)N1CCN(c2ccc(OC)cc2)CC1. The molecule has 0 aromatic heterocycles. The number of nitrogens with one attached hydrogen (secondary N) is 1. The number of carbonyl (C=O) groups is 3. The van der Waals surface area contributed by atoms with E-state index in [4.69, 9.17) is 9.47 Å². The Morgan fingerprint density at radius 3 is 2.17 bits per heavy atom. The van der Waals surface area contributed by atoms with Gasteiger partial charge in [-0.1, -0.05) is 12.1 Å². The molecule has 0 radical (unpaired) electrons. The molecule has 1 aliphatic rings. The molecule has 8 nitrogen and oxygen atoms in total. The molecule has 8 heteroatoms. The maximum absolute atomic E-state index is 12.5. The summed E-state index contributed by atoms with van der Waals surface area (Å²) in [6, 6.07) is 14.1. The van der Waals surface area contributed by atoms with Crippen LogP contribution in [0.1, 0.15) is 10.4 Å². The van der Waals surface area contributed by atoms with Crippen LogP contribution in [0.25, 0.3) is 0 Å². The summed E-state index contributed by atoms with van der Waals surface area (Å²) in [6.07, 6.45) is 0. The summed E-state index contributed by atoms with van der Waals surface area (Å²) in [6.45, 7) is 2.09. The number of hydrogen-bond donors (Lipinski definition) is 1.